The second kappa shape index (κ2) is 8.81. The van der Waals surface area contributed by atoms with Gasteiger partial charge in [-0.25, -0.2) is 8.42 Å². The maximum absolute atomic E-state index is 13.0. The minimum atomic E-state index is -3.97. The van der Waals surface area contributed by atoms with Crippen LogP contribution in [0, 0.1) is 13.8 Å². The summed E-state index contributed by atoms with van der Waals surface area (Å²) in [6, 6.07) is 3.74. The molecule has 2 aliphatic heterocycles. The van der Waals surface area contributed by atoms with E-state index in [0.29, 0.717) is 37.3 Å². The Balaban J connectivity index is 1.74. The first kappa shape index (κ1) is 21.7. The van der Waals surface area contributed by atoms with E-state index in [1.54, 1.807) is 28.9 Å². The minimum Gasteiger partial charge on any atom is -0.339 e. The quantitative estimate of drug-likeness (QED) is 0.733. The highest BCUT2D eigenvalue weighted by atomic mass is 32.2. The Kier molecular flexibility index (Phi) is 6.60. The SMILES string of the molecule is [CH2][C@H](NS(=O)(=O)c1cccc(N2CCCC2=O)c1C)C(=O)N1CCN(CC)CC1. The standard InChI is InChI=1S/C20H29N4O4S/c1-4-22-11-13-23(14-12-22)20(26)16(3)21-29(27,28)18-8-5-7-17(15(18)2)24-10-6-9-19(24)25/h5,7-8,16,21H,3-4,6,9-14H2,1-2H3/t16-/m0/s1. The Morgan fingerprint density at radius 1 is 1.21 bits per heavy atom. The monoisotopic (exact) mass is 421 g/mol. The van der Waals surface area contributed by atoms with Crippen LogP contribution in [-0.4, -0.2) is 75.3 Å². The van der Waals surface area contributed by atoms with Gasteiger partial charge in [-0.2, -0.15) is 4.72 Å². The molecule has 1 aromatic carbocycles. The first-order chi connectivity index (χ1) is 13.7. The summed E-state index contributed by atoms with van der Waals surface area (Å²) in [6.45, 7) is 11.7. The zero-order valence-electron chi connectivity index (χ0n) is 17.1. The average molecular weight is 422 g/mol. The van der Waals surface area contributed by atoms with Gasteiger partial charge in [0.25, 0.3) is 0 Å². The van der Waals surface area contributed by atoms with Gasteiger partial charge in [0.05, 0.1) is 4.90 Å². The molecule has 0 saturated carbocycles. The predicted octanol–water partition coefficient (Wildman–Crippen LogP) is 0.767. The summed E-state index contributed by atoms with van der Waals surface area (Å²) in [5.74, 6) is -0.333. The lowest BCUT2D eigenvalue weighted by molar-refractivity contribution is -0.133. The second-order valence-corrected chi connectivity index (χ2v) is 9.17. The molecule has 159 valence electrons. The van der Waals surface area contributed by atoms with Crippen LogP contribution in [0.1, 0.15) is 25.3 Å². The van der Waals surface area contributed by atoms with Gasteiger partial charge >= 0.3 is 0 Å². The highest BCUT2D eigenvalue weighted by Gasteiger charge is 2.30. The number of carbonyl (C=O) groups is 2. The number of hydrogen-bond acceptors (Lipinski definition) is 5. The molecule has 9 heteroatoms. The number of benzene rings is 1. The highest BCUT2D eigenvalue weighted by molar-refractivity contribution is 7.89. The largest absolute Gasteiger partial charge is 0.339 e. The summed E-state index contributed by atoms with van der Waals surface area (Å²) in [4.78, 5) is 30.3. The number of sulfonamides is 1. The molecule has 1 N–H and O–H groups in total. The molecule has 3 rings (SSSR count). The molecular weight excluding hydrogens is 392 g/mol. The lowest BCUT2D eigenvalue weighted by Crippen LogP contribution is -2.54. The van der Waals surface area contributed by atoms with Crippen molar-refractivity contribution in [1.29, 1.82) is 0 Å². The van der Waals surface area contributed by atoms with Gasteiger partial charge in [-0.3, -0.25) is 9.59 Å². The van der Waals surface area contributed by atoms with E-state index in [1.807, 2.05) is 0 Å². The summed E-state index contributed by atoms with van der Waals surface area (Å²) < 4.78 is 28.3. The van der Waals surface area contributed by atoms with Crippen molar-refractivity contribution >= 4 is 27.5 Å². The summed E-state index contributed by atoms with van der Waals surface area (Å²) in [6.07, 6.45) is 1.23. The Bertz CT molecular complexity index is 878. The van der Waals surface area contributed by atoms with Gasteiger partial charge in [0.1, 0.15) is 6.04 Å². The van der Waals surface area contributed by atoms with Crippen molar-refractivity contribution in [3.63, 3.8) is 0 Å². The van der Waals surface area contributed by atoms with E-state index in [-0.39, 0.29) is 16.7 Å². The zero-order chi connectivity index (χ0) is 21.2. The fourth-order valence-corrected chi connectivity index (χ4v) is 5.26. The molecule has 2 aliphatic rings. The average Bonchev–Trinajstić information content (AvgIpc) is 3.12. The van der Waals surface area contributed by atoms with E-state index in [2.05, 4.69) is 23.5 Å². The van der Waals surface area contributed by atoms with Crippen LogP contribution in [0.25, 0.3) is 0 Å². The first-order valence-electron chi connectivity index (χ1n) is 10.0. The second-order valence-electron chi connectivity index (χ2n) is 7.48. The first-order valence-corrected chi connectivity index (χ1v) is 11.5. The fourth-order valence-electron chi connectivity index (χ4n) is 3.90. The summed E-state index contributed by atoms with van der Waals surface area (Å²) >= 11 is 0. The third-order valence-electron chi connectivity index (χ3n) is 5.64. The van der Waals surface area contributed by atoms with E-state index in [1.165, 1.54) is 6.07 Å². The molecule has 0 aliphatic carbocycles. The highest BCUT2D eigenvalue weighted by Crippen LogP contribution is 2.29. The van der Waals surface area contributed by atoms with Crippen molar-refractivity contribution in [2.24, 2.45) is 0 Å². The number of nitrogens with one attached hydrogen (secondary N) is 1. The number of piperazine rings is 1. The van der Waals surface area contributed by atoms with Crippen molar-refractivity contribution < 1.29 is 18.0 Å². The lowest BCUT2D eigenvalue weighted by Gasteiger charge is -2.35. The molecule has 29 heavy (non-hydrogen) atoms. The maximum atomic E-state index is 13.0. The van der Waals surface area contributed by atoms with Crippen molar-refractivity contribution in [2.75, 3.05) is 44.2 Å². The molecule has 1 radical (unpaired) electrons. The fraction of sp³-hybridized carbons (Fsp3) is 0.550. The molecule has 2 heterocycles. The molecule has 0 aromatic heterocycles. The molecule has 1 aromatic rings. The number of amides is 2. The molecule has 2 amide bonds. The van der Waals surface area contributed by atoms with E-state index in [4.69, 9.17) is 0 Å². The summed E-state index contributed by atoms with van der Waals surface area (Å²) in [5, 5.41) is 0. The van der Waals surface area contributed by atoms with Crippen LogP contribution in [-0.2, 0) is 19.6 Å². The van der Waals surface area contributed by atoms with E-state index in [9.17, 15) is 18.0 Å². The number of anilines is 1. The van der Waals surface area contributed by atoms with E-state index in [0.717, 1.165) is 26.1 Å². The topological polar surface area (TPSA) is 90.0 Å². The maximum Gasteiger partial charge on any atom is 0.241 e. The third-order valence-corrected chi connectivity index (χ3v) is 7.25. The van der Waals surface area contributed by atoms with Crippen molar-refractivity contribution in [1.82, 2.24) is 14.5 Å². The molecule has 0 bridgehead atoms. The number of nitrogens with zero attached hydrogens (tertiary/aromatic N) is 3. The third kappa shape index (κ3) is 4.62. The lowest BCUT2D eigenvalue weighted by atomic mass is 10.2. The van der Waals surface area contributed by atoms with Gasteiger partial charge in [0.15, 0.2) is 0 Å². The number of rotatable bonds is 6. The van der Waals surface area contributed by atoms with Crippen molar-refractivity contribution in [3.05, 3.63) is 30.7 Å². The number of carbonyl (C=O) groups excluding carboxylic acids is 2. The van der Waals surface area contributed by atoms with E-state index < -0.39 is 16.1 Å². The van der Waals surface area contributed by atoms with Crippen LogP contribution in [0.5, 0.6) is 0 Å². The Hall–Kier alpha value is -1.97. The minimum absolute atomic E-state index is 0.00737. The van der Waals surface area contributed by atoms with Gasteiger partial charge in [-0.05, 0) is 44.5 Å². The molecule has 0 unspecified atom stereocenters. The van der Waals surface area contributed by atoms with Gasteiger partial charge in [0, 0.05) is 44.8 Å². The number of likely N-dealkylation sites (N-methyl/N-ethyl adjacent to an activating group) is 1. The molecule has 2 saturated heterocycles. The normalized spacial score (nSPS) is 19.6. The molecule has 8 nitrogen and oxygen atoms in total. The van der Waals surface area contributed by atoms with Gasteiger partial charge < -0.3 is 14.7 Å². The Labute approximate surface area is 172 Å². The smallest absolute Gasteiger partial charge is 0.241 e. The summed E-state index contributed by atoms with van der Waals surface area (Å²) in [7, 11) is -3.97. The van der Waals surface area contributed by atoms with Crippen LogP contribution in [0.4, 0.5) is 5.69 Å². The van der Waals surface area contributed by atoms with Gasteiger partial charge in [-0.1, -0.05) is 13.0 Å². The van der Waals surface area contributed by atoms with Crippen molar-refractivity contribution in [3.8, 4) is 0 Å². The van der Waals surface area contributed by atoms with Crippen LogP contribution in [0.3, 0.4) is 0 Å². The van der Waals surface area contributed by atoms with Crippen LogP contribution in [0.15, 0.2) is 23.1 Å². The van der Waals surface area contributed by atoms with Gasteiger partial charge in [0.2, 0.25) is 21.8 Å². The van der Waals surface area contributed by atoms with E-state index >= 15 is 0 Å². The van der Waals surface area contributed by atoms with Crippen LogP contribution >= 0.6 is 0 Å². The molecule has 2 fully saturated rings. The molecule has 1 atom stereocenters. The molecule has 0 spiro atoms. The van der Waals surface area contributed by atoms with Crippen LogP contribution < -0.4 is 9.62 Å². The molecular formula is C20H29N4O4S. The van der Waals surface area contributed by atoms with Gasteiger partial charge in [-0.15, -0.1) is 0 Å². The van der Waals surface area contributed by atoms with Crippen LogP contribution in [0.2, 0.25) is 0 Å². The Morgan fingerprint density at radius 3 is 2.48 bits per heavy atom. The zero-order valence-corrected chi connectivity index (χ0v) is 17.9. The predicted molar refractivity (Wildman–Crippen MR) is 111 cm³/mol. The Morgan fingerprint density at radius 2 is 1.90 bits per heavy atom. The number of hydrogen-bond donors (Lipinski definition) is 1. The van der Waals surface area contributed by atoms with Crippen molar-refractivity contribution in [2.45, 2.75) is 37.6 Å². The summed E-state index contributed by atoms with van der Waals surface area (Å²) in [5.41, 5.74) is 1.09.